The Kier molecular flexibility index (Phi) is 3.35. The maximum atomic E-state index is 6.15. The smallest absolute Gasteiger partial charge is 0.189 e. The van der Waals surface area contributed by atoms with E-state index in [-0.39, 0.29) is 0 Å². The van der Waals surface area contributed by atoms with Gasteiger partial charge in [-0.1, -0.05) is 23.7 Å². The zero-order valence-corrected chi connectivity index (χ0v) is 12.5. The predicted octanol–water partition coefficient (Wildman–Crippen LogP) is 3.18. The van der Waals surface area contributed by atoms with Crippen LogP contribution in [0.5, 0.6) is 0 Å². The molecule has 1 aromatic heterocycles. The summed E-state index contributed by atoms with van der Waals surface area (Å²) in [4.78, 5) is 0. The largest absolute Gasteiger partial charge is 0.398 e. The van der Waals surface area contributed by atoms with Crippen LogP contribution in [0.1, 0.15) is 11.1 Å². The molecule has 0 aliphatic carbocycles. The number of benzene rings is 2. The molecule has 0 fully saturated rings. The second-order valence-electron chi connectivity index (χ2n) is 4.88. The van der Waals surface area contributed by atoms with Gasteiger partial charge in [0.25, 0.3) is 0 Å². The lowest BCUT2D eigenvalue weighted by molar-refractivity contribution is 0.787. The predicted molar refractivity (Wildman–Crippen MR) is 83.5 cm³/mol. The van der Waals surface area contributed by atoms with E-state index in [2.05, 4.69) is 15.5 Å². The van der Waals surface area contributed by atoms with Gasteiger partial charge in [0, 0.05) is 16.3 Å². The summed E-state index contributed by atoms with van der Waals surface area (Å²) >= 11 is 6.00. The van der Waals surface area contributed by atoms with Crippen LogP contribution in [0.2, 0.25) is 5.02 Å². The van der Waals surface area contributed by atoms with Gasteiger partial charge in [-0.3, -0.25) is 0 Å². The van der Waals surface area contributed by atoms with Crippen LogP contribution in [0, 0.1) is 13.8 Å². The molecule has 6 heteroatoms. The van der Waals surface area contributed by atoms with Crippen molar-refractivity contribution in [1.29, 1.82) is 0 Å². The van der Waals surface area contributed by atoms with Crippen molar-refractivity contribution in [1.82, 2.24) is 20.2 Å². The Bertz CT molecular complexity index is 810. The number of anilines is 1. The van der Waals surface area contributed by atoms with Gasteiger partial charge >= 0.3 is 0 Å². The van der Waals surface area contributed by atoms with Crippen molar-refractivity contribution in [2.45, 2.75) is 13.8 Å². The van der Waals surface area contributed by atoms with Gasteiger partial charge in [-0.25, -0.2) is 0 Å². The van der Waals surface area contributed by atoms with Gasteiger partial charge in [-0.2, -0.15) is 4.68 Å². The minimum absolute atomic E-state index is 0.613. The van der Waals surface area contributed by atoms with Crippen LogP contribution in [-0.4, -0.2) is 20.2 Å². The molecule has 1 heterocycles. The van der Waals surface area contributed by atoms with E-state index in [1.54, 1.807) is 4.68 Å². The van der Waals surface area contributed by atoms with Crippen LogP contribution in [0.15, 0.2) is 36.4 Å². The summed E-state index contributed by atoms with van der Waals surface area (Å²) in [6, 6.07) is 11.4. The molecular weight excluding hydrogens is 286 g/mol. The van der Waals surface area contributed by atoms with E-state index in [0.29, 0.717) is 16.5 Å². The third kappa shape index (κ3) is 2.36. The maximum absolute atomic E-state index is 6.15. The molecule has 3 rings (SSSR count). The molecule has 0 saturated carbocycles. The third-order valence-corrected chi connectivity index (χ3v) is 3.66. The Labute approximate surface area is 127 Å². The Morgan fingerprint density at radius 1 is 1.10 bits per heavy atom. The van der Waals surface area contributed by atoms with E-state index < -0.39 is 0 Å². The van der Waals surface area contributed by atoms with Crippen LogP contribution in [0.4, 0.5) is 5.69 Å². The van der Waals surface area contributed by atoms with Crippen LogP contribution >= 0.6 is 11.6 Å². The fraction of sp³-hybridized carbons (Fsp3) is 0.133. The first-order valence-corrected chi connectivity index (χ1v) is 6.86. The first-order valence-electron chi connectivity index (χ1n) is 6.48. The second kappa shape index (κ2) is 5.18. The molecule has 0 bridgehead atoms. The summed E-state index contributed by atoms with van der Waals surface area (Å²) in [6.07, 6.45) is 0. The van der Waals surface area contributed by atoms with Crippen molar-refractivity contribution in [3.63, 3.8) is 0 Å². The Balaban J connectivity index is 2.20. The topological polar surface area (TPSA) is 69.6 Å². The molecular formula is C15H14ClN5. The molecule has 2 aromatic carbocycles. The fourth-order valence-corrected chi connectivity index (χ4v) is 2.48. The molecule has 0 spiro atoms. The van der Waals surface area contributed by atoms with E-state index in [0.717, 1.165) is 22.4 Å². The first-order chi connectivity index (χ1) is 10.1. The number of nitrogen functional groups attached to an aromatic ring is 1. The van der Waals surface area contributed by atoms with Gasteiger partial charge in [-0.15, -0.1) is 5.10 Å². The van der Waals surface area contributed by atoms with Crippen LogP contribution in [0.25, 0.3) is 17.1 Å². The molecule has 106 valence electrons. The Morgan fingerprint density at radius 3 is 2.67 bits per heavy atom. The van der Waals surface area contributed by atoms with Gasteiger partial charge in [0.2, 0.25) is 0 Å². The van der Waals surface area contributed by atoms with Gasteiger partial charge in [-0.05, 0) is 59.7 Å². The number of nitrogens with zero attached hydrogens (tertiary/aromatic N) is 4. The van der Waals surface area contributed by atoms with Gasteiger partial charge in [0.1, 0.15) is 0 Å². The molecule has 0 aliphatic rings. The second-order valence-corrected chi connectivity index (χ2v) is 5.32. The Morgan fingerprint density at radius 2 is 1.90 bits per heavy atom. The highest BCUT2D eigenvalue weighted by Gasteiger charge is 2.15. The highest BCUT2D eigenvalue weighted by Crippen LogP contribution is 2.28. The highest BCUT2D eigenvalue weighted by atomic mass is 35.5. The number of tetrazole rings is 1. The summed E-state index contributed by atoms with van der Waals surface area (Å²) in [5.41, 5.74) is 10.5. The van der Waals surface area contributed by atoms with Crippen molar-refractivity contribution < 1.29 is 0 Å². The lowest BCUT2D eigenvalue weighted by atomic mass is 10.1. The molecule has 2 N–H and O–H groups in total. The van der Waals surface area contributed by atoms with Crippen LogP contribution in [-0.2, 0) is 0 Å². The lowest BCUT2D eigenvalue weighted by Gasteiger charge is -2.10. The zero-order chi connectivity index (χ0) is 15.0. The average Bonchev–Trinajstić information content (AvgIpc) is 2.91. The van der Waals surface area contributed by atoms with Crippen LogP contribution in [0.3, 0.4) is 0 Å². The number of nitrogens with two attached hydrogens (primary N) is 1. The minimum Gasteiger partial charge on any atom is -0.398 e. The number of hydrogen-bond acceptors (Lipinski definition) is 4. The number of para-hydroxylation sites is 1. The number of halogens is 1. The molecule has 0 atom stereocenters. The summed E-state index contributed by atoms with van der Waals surface area (Å²) in [5.74, 6) is 0.613. The van der Waals surface area contributed by atoms with Gasteiger partial charge < -0.3 is 5.73 Å². The number of hydrogen-bond donors (Lipinski definition) is 1. The summed E-state index contributed by atoms with van der Waals surface area (Å²) in [5, 5.41) is 12.7. The fourth-order valence-electron chi connectivity index (χ4n) is 2.25. The maximum Gasteiger partial charge on any atom is 0.189 e. The molecule has 0 aliphatic heterocycles. The molecule has 0 unspecified atom stereocenters. The number of aromatic nitrogens is 4. The minimum atomic E-state index is 0.613. The van der Waals surface area contributed by atoms with Crippen molar-refractivity contribution in [2.75, 3.05) is 5.73 Å². The standard InChI is InChI=1S/C15H14ClN5/c1-9-4-3-5-12(14(9)17)15-18-19-20-21(15)13-7-6-11(16)8-10(13)2/h3-8H,17H2,1-2H3. The monoisotopic (exact) mass is 299 g/mol. The van der Waals surface area contributed by atoms with E-state index >= 15 is 0 Å². The van der Waals surface area contributed by atoms with E-state index in [4.69, 9.17) is 17.3 Å². The van der Waals surface area contributed by atoms with E-state index in [9.17, 15) is 0 Å². The van der Waals surface area contributed by atoms with E-state index in [1.165, 1.54) is 0 Å². The lowest BCUT2D eigenvalue weighted by Crippen LogP contribution is -2.04. The van der Waals surface area contributed by atoms with Crippen molar-refractivity contribution in [3.05, 3.63) is 52.5 Å². The molecule has 3 aromatic rings. The SMILES string of the molecule is Cc1cc(Cl)ccc1-n1nnnc1-c1cccc(C)c1N. The molecule has 0 radical (unpaired) electrons. The summed E-state index contributed by atoms with van der Waals surface area (Å²) in [7, 11) is 0. The van der Waals surface area contributed by atoms with Crippen molar-refractivity contribution in [2.24, 2.45) is 0 Å². The molecule has 0 saturated heterocycles. The highest BCUT2D eigenvalue weighted by molar-refractivity contribution is 6.30. The van der Waals surface area contributed by atoms with E-state index in [1.807, 2.05) is 50.2 Å². The zero-order valence-electron chi connectivity index (χ0n) is 11.7. The first kappa shape index (κ1) is 13.6. The number of rotatable bonds is 2. The average molecular weight is 300 g/mol. The normalized spacial score (nSPS) is 10.8. The number of aryl methyl sites for hydroxylation is 2. The Hall–Kier alpha value is -2.40. The van der Waals surface area contributed by atoms with Gasteiger partial charge in [0.15, 0.2) is 5.82 Å². The van der Waals surface area contributed by atoms with Gasteiger partial charge in [0.05, 0.1) is 5.69 Å². The molecule has 0 amide bonds. The third-order valence-electron chi connectivity index (χ3n) is 3.42. The van der Waals surface area contributed by atoms with Crippen LogP contribution < -0.4 is 5.73 Å². The van der Waals surface area contributed by atoms with Crippen molar-refractivity contribution in [3.8, 4) is 17.1 Å². The molecule has 21 heavy (non-hydrogen) atoms. The van der Waals surface area contributed by atoms with Crippen molar-refractivity contribution >= 4 is 17.3 Å². The summed E-state index contributed by atoms with van der Waals surface area (Å²) < 4.78 is 1.68. The summed E-state index contributed by atoms with van der Waals surface area (Å²) in [6.45, 7) is 3.92. The quantitative estimate of drug-likeness (QED) is 0.738. The molecule has 5 nitrogen and oxygen atoms in total.